The average molecular weight is 457 g/mol. The molecule has 10 heteroatoms. The Hall–Kier alpha value is -2.78. The first-order valence-electron chi connectivity index (χ1n) is 9.46. The fourth-order valence-electron chi connectivity index (χ4n) is 3.51. The number of piperidine rings is 1. The lowest BCUT2D eigenvalue weighted by Crippen LogP contribution is -2.52. The van der Waals surface area contributed by atoms with Crippen molar-refractivity contribution in [1.29, 1.82) is 0 Å². The molecule has 2 aromatic rings. The molecule has 166 valence electrons. The summed E-state index contributed by atoms with van der Waals surface area (Å²) in [7, 11) is 0. The zero-order valence-corrected chi connectivity index (χ0v) is 17.2. The van der Waals surface area contributed by atoms with Crippen molar-refractivity contribution in [3.8, 4) is 16.9 Å². The number of amides is 2. The first kappa shape index (κ1) is 22.9. The number of alkyl halides is 3. The standard InChI is InChI=1S/C21H20ClF3N2O4/c1-12(28)27-9-8-14(29)11-18(27)20(30)26-13-6-7-15(17(22)10-13)16-4-2-3-5-19(16)31-21(23,24)25/h2-7,10,14,18,29H,8-9,11H2,1H3,(H,26,30)/t14-,18?/m0/s1. The van der Waals surface area contributed by atoms with Gasteiger partial charge in [-0.2, -0.15) is 0 Å². The van der Waals surface area contributed by atoms with E-state index >= 15 is 0 Å². The number of hydrogen-bond acceptors (Lipinski definition) is 4. The SMILES string of the molecule is CC(=O)N1CC[C@H](O)CC1C(=O)Nc1ccc(-c2ccccc2OC(F)(F)F)c(Cl)c1. The van der Waals surface area contributed by atoms with E-state index in [2.05, 4.69) is 10.1 Å². The predicted octanol–water partition coefficient (Wildman–Crippen LogP) is 4.22. The number of anilines is 1. The first-order chi connectivity index (χ1) is 14.5. The molecular weight excluding hydrogens is 437 g/mol. The fourth-order valence-corrected chi connectivity index (χ4v) is 3.79. The normalized spacial score (nSPS) is 19.1. The number of hydrogen-bond donors (Lipinski definition) is 2. The van der Waals surface area contributed by atoms with Gasteiger partial charge in [0.1, 0.15) is 11.8 Å². The molecule has 0 aromatic heterocycles. The van der Waals surface area contributed by atoms with Crippen LogP contribution in [0.3, 0.4) is 0 Å². The minimum absolute atomic E-state index is 0.100. The molecule has 3 rings (SSSR count). The van der Waals surface area contributed by atoms with Crippen LogP contribution >= 0.6 is 11.6 Å². The lowest BCUT2D eigenvalue weighted by molar-refractivity contribution is -0.274. The highest BCUT2D eigenvalue weighted by atomic mass is 35.5. The van der Waals surface area contributed by atoms with Crippen LogP contribution in [-0.2, 0) is 9.59 Å². The molecule has 0 aliphatic carbocycles. The zero-order valence-electron chi connectivity index (χ0n) is 16.4. The van der Waals surface area contributed by atoms with Crippen LogP contribution in [0.2, 0.25) is 5.02 Å². The summed E-state index contributed by atoms with van der Waals surface area (Å²) in [5.74, 6) is -1.16. The van der Waals surface area contributed by atoms with Crippen molar-refractivity contribution in [3.05, 3.63) is 47.5 Å². The van der Waals surface area contributed by atoms with Gasteiger partial charge in [0.15, 0.2) is 0 Å². The van der Waals surface area contributed by atoms with Crippen LogP contribution in [0.4, 0.5) is 18.9 Å². The van der Waals surface area contributed by atoms with Crippen molar-refractivity contribution >= 4 is 29.1 Å². The first-order valence-corrected chi connectivity index (χ1v) is 9.84. The summed E-state index contributed by atoms with van der Waals surface area (Å²) < 4.78 is 42.1. The molecule has 6 nitrogen and oxygen atoms in total. The maximum atomic E-state index is 12.7. The molecule has 31 heavy (non-hydrogen) atoms. The third-order valence-electron chi connectivity index (χ3n) is 4.92. The Kier molecular flexibility index (Phi) is 6.76. The molecule has 2 aromatic carbocycles. The molecule has 0 radical (unpaired) electrons. The minimum atomic E-state index is -4.86. The van der Waals surface area contributed by atoms with Crippen molar-refractivity contribution in [3.63, 3.8) is 0 Å². The van der Waals surface area contributed by atoms with Crippen molar-refractivity contribution in [2.75, 3.05) is 11.9 Å². The molecule has 1 aliphatic rings. The number of carbonyl (C=O) groups excluding carboxylic acids is 2. The summed E-state index contributed by atoms with van der Waals surface area (Å²) >= 11 is 6.29. The van der Waals surface area contributed by atoms with Gasteiger partial charge in [-0.3, -0.25) is 9.59 Å². The summed E-state index contributed by atoms with van der Waals surface area (Å²) in [6.07, 6.45) is -5.05. The molecule has 2 N–H and O–H groups in total. The number of likely N-dealkylation sites (tertiary alicyclic amines) is 1. The van der Waals surface area contributed by atoms with Crippen molar-refractivity contribution in [2.24, 2.45) is 0 Å². The highest BCUT2D eigenvalue weighted by Gasteiger charge is 2.34. The number of aliphatic hydroxyl groups is 1. The molecular formula is C21H20ClF3N2O4. The van der Waals surface area contributed by atoms with Crippen LogP contribution in [0, 0.1) is 0 Å². The van der Waals surface area contributed by atoms with E-state index in [0.717, 1.165) is 0 Å². The van der Waals surface area contributed by atoms with Crippen molar-refractivity contribution in [1.82, 2.24) is 4.90 Å². The van der Waals surface area contributed by atoms with Crippen LogP contribution in [0.15, 0.2) is 42.5 Å². The van der Waals surface area contributed by atoms with Gasteiger partial charge in [-0.1, -0.05) is 35.9 Å². The third-order valence-corrected chi connectivity index (χ3v) is 5.23. The molecule has 1 fully saturated rings. The van der Waals surface area contributed by atoms with Gasteiger partial charge in [0, 0.05) is 36.7 Å². The van der Waals surface area contributed by atoms with E-state index in [1.54, 1.807) is 6.07 Å². The lowest BCUT2D eigenvalue weighted by Gasteiger charge is -2.36. The molecule has 0 bridgehead atoms. The third kappa shape index (κ3) is 5.68. The molecule has 1 unspecified atom stereocenters. The van der Waals surface area contributed by atoms with Crippen molar-refractivity contribution in [2.45, 2.75) is 38.3 Å². The molecule has 1 saturated heterocycles. The summed E-state index contributed by atoms with van der Waals surface area (Å²) in [6.45, 7) is 1.62. The fraction of sp³-hybridized carbons (Fsp3) is 0.333. The van der Waals surface area contributed by atoms with Gasteiger partial charge in [-0.05, 0) is 24.6 Å². The molecule has 1 aliphatic heterocycles. The van der Waals surface area contributed by atoms with Crippen LogP contribution < -0.4 is 10.1 Å². The second-order valence-electron chi connectivity index (χ2n) is 7.13. The number of carbonyl (C=O) groups is 2. The lowest BCUT2D eigenvalue weighted by atomic mass is 9.98. The maximum absolute atomic E-state index is 12.7. The molecule has 2 amide bonds. The van der Waals surface area contributed by atoms with Crippen LogP contribution in [-0.4, -0.2) is 46.9 Å². The van der Waals surface area contributed by atoms with E-state index in [1.807, 2.05) is 0 Å². The number of rotatable bonds is 4. The largest absolute Gasteiger partial charge is 0.573 e. The number of ether oxygens (including phenoxy) is 1. The van der Waals surface area contributed by atoms with Gasteiger partial charge in [-0.15, -0.1) is 13.2 Å². The summed E-state index contributed by atoms with van der Waals surface area (Å²) in [5.41, 5.74) is 0.732. The van der Waals surface area contributed by atoms with Crippen LogP contribution in [0.25, 0.3) is 11.1 Å². The average Bonchev–Trinajstić information content (AvgIpc) is 2.67. The van der Waals surface area contributed by atoms with Crippen LogP contribution in [0.5, 0.6) is 5.75 Å². The molecule has 0 saturated carbocycles. The van der Waals surface area contributed by atoms with Gasteiger partial charge in [0.05, 0.1) is 11.1 Å². The zero-order chi connectivity index (χ0) is 22.8. The Labute approximate surface area is 181 Å². The van der Waals surface area contributed by atoms with Gasteiger partial charge in [0.2, 0.25) is 11.8 Å². The smallest absolute Gasteiger partial charge is 0.405 e. The monoisotopic (exact) mass is 456 g/mol. The van der Waals surface area contributed by atoms with E-state index in [4.69, 9.17) is 11.6 Å². The van der Waals surface area contributed by atoms with Gasteiger partial charge < -0.3 is 20.1 Å². The molecule has 2 atom stereocenters. The number of benzene rings is 2. The Bertz CT molecular complexity index is 983. The Morgan fingerprint density at radius 1 is 1.19 bits per heavy atom. The van der Waals surface area contributed by atoms with E-state index < -0.39 is 30.2 Å². The van der Waals surface area contributed by atoms with E-state index in [-0.39, 0.29) is 35.0 Å². The summed E-state index contributed by atoms with van der Waals surface area (Å²) in [4.78, 5) is 25.9. The Morgan fingerprint density at radius 3 is 2.55 bits per heavy atom. The van der Waals surface area contributed by atoms with Gasteiger partial charge in [-0.25, -0.2) is 0 Å². The maximum Gasteiger partial charge on any atom is 0.573 e. The Morgan fingerprint density at radius 2 is 1.90 bits per heavy atom. The number of nitrogens with one attached hydrogen (secondary N) is 1. The predicted molar refractivity (Wildman–Crippen MR) is 109 cm³/mol. The highest BCUT2D eigenvalue weighted by molar-refractivity contribution is 6.33. The highest BCUT2D eigenvalue weighted by Crippen LogP contribution is 2.38. The number of para-hydroxylation sites is 1. The quantitative estimate of drug-likeness (QED) is 0.722. The van der Waals surface area contributed by atoms with Gasteiger partial charge in [0.25, 0.3) is 0 Å². The second-order valence-corrected chi connectivity index (χ2v) is 7.54. The number of aliphatic hydroxyl groups excluding tert-OH is 1. The minimum Gasteiger partial charge on any atom is -0.405 e. The summed E-state index contributed by atoms with van der Waals surface area (Å²) in [5, 5.41) is 12.6. The second kappa shape index (κ2) is 9.15. The van der Waals surface area contributed by atoms with E-state index in [1.165, 1.54) is 48.2 Å². The van der Waals surface area contributed by atoms with Crippen molar-refractivity contribution < 1.29 is 32.6 Å². The van der Waals surface area contributed by atoms with E-state index in [9.17, 15) is 27.9 Å². The number of halogens is 4. The van der Waals surface area contributed by atoms with Gasteiger partial charge >= 0.3 is 6.36 Å². The topological polar surface area (TPSA) is 78.9 Å². The summed E-state index contributed by atoms with van der Waals surface area (Å²) in [6, 6.07) is 9.10. The Balaban J connectivity index is 1.82. The van der Waals surface area contributed by atoms with E-state index in [0.29, 0.717) is 12.1 Å². The molecule has 1 heterocycles. The number of nitrogens with zero attached hydrogens (tertiary/aromatic N) is 1. The van der Waals surface area contributed by atoms with Crippen LogP contribution in [0.1, 0.15) is 19.8 Å². The molecule has 0 spiro atoms.